The lowest BCUT2D eigenvalue weighted by Crippen LogP contribution is -2.42. The average molecular weight is 267 g/mol. The van der Waals surface area contributed by atoms with E-state index in [1.165, 1.54) is 6.42 Å². The quantitative estimate of drug-likeness (QED) is 0.912. The van der Waals surface area contributed by atoms with Crippen LogP contribution >= 0.6 is 11.3 Å². The molecular formula is C13H21N3OS. The maximum Gasteiger partial charge on any atom is 0.228 e. The molecule has 2 heterocycles. The highest BCUT2D eigenvalue weighted by molar-refractivity contribution is 7.09. The number of carbonyl (C=O) groups is 1. The lowest BCUT2D eigenvalue weighted by atomic mass is 10.0. The summed E-state index contributed by atoms with van der Waals surface area (Å²) >= 11 is 1.54. The lowest BCUT2D eigenvalue weighted by Gasteiger charge is -2.33. The van der Waals surface area contributed by atoms with Crippen molar-refractivity contribution in [2.45, 2.75) is 51.6 Å². The number of hydrogen-bond acceptors (Lipinski definition) is 4. The third-order valence-corrected chi connectivity index (χ3v) is 4.51. The Bertz CT molecular complexity index is 416. The highest BCUT2D eigenvalue weighted by Gasteiger charge is 2.23. The van der Waals surface area contributed by atoms with Crippen molar-refractivity contribution in [2.75, 3.05) is 6.54 Å². The summed E-state index contributed by atoms with van der Waals surface area (Å²) in [6, 6.07) is 0.325. The molecule has 2 rings (SSSR count). The van der Waals surface area contributed by atoms with Crippen LogP contribution in [-0.4, -0.2) is 28.4 Å². The molecule has 0 aromatic carbocycles. The van der Waals surface area contributed by atoms with Gasteiger partial charge >= 0.3 is 0 Å². The maximum absolute atomic E-state index is 12.2. The monoisotopic (exact) mass is 267 g/mol. The van der Waals surface area contributed by atoms with Crippen molar-refractivity contribution in [3.8, 4) is 0 Å². The smallest absolute Gasteiger partial charge is 0.228 e. The van der Waals surface area contributed by atoms with Gasteiger partial charge in [0.05, 0.1) is 18.2 Å². The van der Waals surface area contributed by atoms with Crippen LogP contribution in [0.4, 0.5) is 0 Å². The zero-order valence-corrected chi connectivity index (χ0v) is 11.9. The topological polar surface area (TPSA) is 59.2 Å². The van der Waals surface area contributed by atoms with Crippen LogP contribution in [0.3, 0.4) is 0 Å². The van der Waals surface area contributed by atoms with Crippen LogP contribution in [0, 0.1) is 0 Å². The molecule has 1 amide bonds. The second kappa shape index (κ2) is 5.80. The predicted molar refractivity (Wildman–Crippen MR) is 73.4 cm³/mol. The Morgan fingerprint density at radius 3 is 3.06 bits per heavy atom. The Morgan fingerprint density at radius 1 is 1.67 bits per heavy atom. The molecule has 2 atom stereocenters. The highest BCUT2D eigenvalue weighted by atomic mass is 32.1. The number of rotatable bonds is 3. The van der Waals surface area contributed by atoms with Gasteiger partial charge in [-0.25, -0.2) is 4.98 Å². The summed E-state index contributed by atoms with van der Waals surface area (Å²) in [5.41, 5.74) is 6.63. The van der Waals surface area contributed by atoms with Gasteiger partial charge in [0.25, 0.3) is 0 Å². The Morgan fingerprint density at radius 2 is 2.44 bits per heavy atom. The number of thiazole rings is 1. The molecule has 1 aliphatic rings. The first-order chi connectivity index (χ1) is 8.58. The first kappa shape index (κ1) is 13.5. The van der Waals surface area contributed by atoms with Crippen molar-refractivity contribution in [1.82, 2.24) is 9.88 Å². The van der Waals surface area contributed by atoms with Crippen LogP contribution < -0.4 is 5.73 Å². The summed E-state index contributed by atoms with van der Waals surface area (Å²) in [5, 5.41) is 2.86. The fourth-order valence-electron chi connectivity index (χ4n) is 2.34. The van der Waals surface area contributed by atoms with Crippen molar-refractivity contribution < 1.29 is 4.79 Å². The van der Waals surface area contributed by atoms with Crippen LogP contribution in [0.15, 0.2) is 5.38 Å². The average Bonchev–Trinajstić information content (AvgIpc) is 2.78. The number of hydrogen-bond donors (Lipinski definition) is 1. The molecule has 1 aromatic heterocycles. The number of nitrogens with zero attached hydrogens (tertiary/aromatic N) is 2. The zero-order valence-electron chi connectivity index (χ0n) is 11.1. The predicted octanol–water partition coefficient (Wildman–Crippen LogP) is 2.11. The van der Waals surface area contributed by atoms with Gasteiger partial charge < -0.3 is 10.6 Å². The summed E-state index contributed by atoms with van der Waals surface area (Å²) in [6.07, 6.45) is 3.89. The molecule has 1 fully saturated rings. The van der Waals surface area contributed by atoms with Crippen LogP contribution in [0.25, 0.3) is 0 Å². The van der Waals surface area contributed by atoms with Crippen LogP contribution in [0.1, 0.15) is 49.9 Å². The molecule has 0 saturated carbocycles. The van der Waals surface area contributed by atoms with Gasteiger partial charge in [-0.05, 0) is 33.1 Å². The van der Waals surface area contributed by atoms with Crippen LogP contribution in [-0.2, 0) is 11.2 Å². The number of likely N-dealkylation sites (tertiary alicyclic amines) is 1. The summed E-state index contributed by atoms with van der Waals surface area (Å²) in [5.74, 6) is 0.198. The minimum Gasteiger partial charge on any atom is -0.340 e. The molecule has 4 nitrogen and oxygen atoms in total. The zero-order chi connectivity index (χ0) is 13.1. The van der Waals surface area contributed by atoms with Gasteiger partial charge in [0.2, 0.25) is 5.91 Å². The second-order valence-corrected chi connectivity index (χ2v) is 5.96. The molecule has 0 spiro atoms. The number of nitrogens with two attached hydrogens (primary N) is 1. The van der Waals surface area contributed by atoms with Crippen molar-refractivity contribution in [3.05, 3.63) is 16.1 Å². The van der Waals surface area contributed by atoms with Crippen molar-refractivity contribution in [1.29, 1.82) is 0 Å². The Balaban J connectivity index is 1.97. The van der Waals surface area contributed by atoms with Crippen LogP contribution in [0.5, 0.6) is 0 Å². The number of aromatic nitrogens is 1. The minimum absolute atomic E-state index is 0.0484. The van der Waals surface area contributed by atoms with E-state index in [4.69, 9.17) is 5.73 Å². The molecule has 2 N–H and O–H groups in total. The number of piperidine rings is 1. The van der Waals surface area contributed by atoms with E-state index in [2.05, 4.69) is 11.9 Å². The van der Waals surface area contributed by atoms with Gasteiger partial charge in [-0.3, -0.25) is 4.79 Å². The van der Waals surface area contributed by atoms with E-state index in [1.54, 1.807) is 11.3 Å². The van der Waals surface area contributed by atoms with Gasteiger partial charge in [-0.1, -0.05) is 0 Å². The fraction of sp³-hybridized carbons (Fsp3) is 0.692. The summed E-state index contributed by atoms with van der Waals surface area (Å²) in [6.45, 7) is 4.94. The molecule has 18 heavy (non-hydrogen) atoms. The van der Waals surface area contributed by atoms with Gasteiger partial charge in [0.1, 0.15) is 5.01 Å². The van der Waals surface area contributed by atoms with Crippen molar-refractivity contribution in [3.63, 3.8) is 0 Å². The Labute approximate surface area is 112 Å². The normalized spacial score (nSPS) is 21.9. The largest absolute Gasteiger partial charge is 0.340 e. The molecule has 100 valence electrons. The second-order valence-electron chi connectivity index (χ2n) is 5.07. The first-order valence-electron chi connectivity index (χ1n) is 6.57. The Hall–Kier alpha value is -0.940. The summed E-state index contributed by atoms with van der Waals surface area (Å²) < 4.78 is 0. The summed E-state index contributed by atoms with van der Waals surface area (Å²) in [4.78, 5) is 18.6. The van der Waals surface area contributed by atoms with E-state index >= 15 is 0 Å². The molecule has 0 radical (unpaired) electrons. The van der Waals surface area contributed by atoms with Gasteiger partial charge in [-0.15, -0.1) is 11.3 Å². The SMILES string of the molecule is CC(N)c1nc(CC(=O)N2CCCCC2C)cs1. The third-order valence-electron chi connectivity index (χ3n) is 3.41. The van der Waals surface area contributed by atoms with E-state index in [9.17, 15) is 4.79 Å². The Kier molecular flexibility index (Phi) is 4.35. The van der Waals surface area contributed by atoms with E-state index < -0.39 is 0 Å². The van der Waals surface area contributed by atoms with Crippen LogP contribution in [0.2, 0.25) is 0 Å². The highest BCUT2D eigenvalue weighted by Crippen LogP contribution is 2.20. The molecule has 1 aliphatic heterocycles. The van der Waals surface area contributed by atoms with E-state index in [0.29, 0.717) is 12.5 Å². The first-order valence-corrected chi connectivity index (χ1v) is 7.45. The van der Waals surface area contributed by atoms with E-state index in [0.717, 1.165) is 30.1 Å². The van der Waals surface area contributed by atoms with E-state index in [1.807, 2.05) is 17.2 Å². The molecule has 1 saturated heterocycles. The third kappa shape index (κ3) is 3.09. The molecule has 5 heteroatoms. The molecular weight excluding hydrogens is 246 g/mol. The van der Waals surface area contributed by atoms with Gasteiger partial charge in [0, 0.05) is 18.0 Å². The molecule has 1 aromatic rings. The molecule has 0 bridgehead atoms. The standard InChI is InChI=1S/C13H21N3OS/c1-9-5-3-4-6-16(9)12(17)7-11-8-18-13(15-11)10(2)14/h8-10H,3-7,14H2,1-2H3. The van der Waals surface area contributed by atoms with Crippen molar-refractivity contribution in [2.24, 2.45) is 5.73 Å². The number of carbonyl (C=O) groups excluding carboxylic acids is 1. The van der Waals surface area contributed by atoms with Crippen molar-refractivity contribution >= 4 is 17.2 Å². The number of amides is 1. The lowest BCUT2D eigenvalue weighted by molar-refractivity contribution is -0.133. The molecule has 0 aliphatic carbocycles. The van der Waals surface area contributed by atoms with E-state index in [-0.39, 0.29) is 11.9 Å². The summed E-state index contributed by atoms with van der Waals surface area (Å²) in [7, 11) is 0. The van der Waals surface area contributed by atoms with Gasteiger partial charge in [-0.2, -0.15) is 0 Å². The minimum atomic E-state index is -0.0484. The van der Waals surface area contributed by atoms with Gasteiger partial charge in [0.15, 0.2) is 0 Å². The maximum atomic E-state index is 12.2. The molecule has 2 unspecified atom stereocenters. The fourth-order valence-corrected chi connectivity index (χ4v) is 3.12.